The molecular formula is C18H14BrFN2O. The first-order valence-electron chi connectivity index (χ1n) is 7.00. The second kappa shape index (κ2) is 6.79. The fourth-order valence-corrected chi connectivity index (χ4v) is 2.72. The molecule has 3 nitrogen and oxygen atoms in total. The first-order chi connectivity index (χ1) is 11.2. The standard InChI is InChI=1S/C18H14BrFN2O/c1-23-17-11-13(10-16(19)22-17)21-18-14(8-5-9-15(18)20)12-6-3-2-4-7-12/h2-11H,1H3,(H,21,22). The molecule has 0 unspecified atom stereocenters. The van der Waals surface area contributed by atoms with E-state index in [4.69, 9.17) is 4.74 Å². The molecule has 23 heavy (non-hydrogen) atoms. The zero-order valence-electron chi connectivity index (χ0n) is 12.4. The first kappa shape index (κ1) is 15.5. The van der Waals surface area contributed by atoms with Crippen molar-refractivity contribution in [3.05, 3.63) is 71.1 Å². The summed E-state index contributed by atoms with van der Waals surface area (Å²) in [7, 11) is 1.54. The number of halogens is 2. The Hall–Kier alpha value is -2.40. The number of para-hydroxylation sites is 1. The van der Waals surface area contributed by atoms with Gasteiger partial charge in [0.05, 0.1) is 12.8 Å². The number of anilines is 2. The lowest BCUT2D eigenvalue weighted by molar-refractivity contribution is 0.397. The maximum atomic E-state index is 14.4. The zero-order valence-corrected chi connectivity index (χ0v) is 14.0. The third-order valence-electron chi connectivity index (χ3n) is 3.35. The number of ether oxygens (including phenoxy) is 1. The average Bonchev–Trinajstić information content (AvgIpc) is 2.57. The van der Waals surface area contributed by atoms with Crippen LogP contribution in [0.15, 0.2) is 65.3 Å². The first-order valence-corrected chi connectivity index (χ1v) is 7.79. The van der Waals surface area contributed by atoms with Crippen molar-refractivity contribution in [1.82, 2.24) is 4.98 Å². The van der Waals surface area contributed by atoms with Crippen LogP contribution in [-0.4, -0.2) is 12.1 Å². The van der Waals surface area contributed by atoms with Crippen LogP contribution >= 0.6 is 15.9 Å². The van der Waals surface area contributed by atoms with Gasteiger partial charge < -0.3 is 10.1 Å². The molecular weight excluding hydrogens is 359 g/mol. The van der Waals surface area contributed by atoms with Crippen molar-refractivity contribution in [3.8, 4) is 17.0 Å². The quantitative estimate of drug-likeness (QED) is 0.622. The van der Waals surface area contributed by atoms with Gasteiger partial charge in [-0.15, -0.1) is 0 Å². The minimum absolute atomic E-state index is 0.321. The number of benzene rings is 2. The molecule has 1 N–H and O–H groups in total. The lowest BCUT2D eigenvalue weighted by Crippen LogP contribution is -1.98. The molecule has 3 aromatic rings. The van der Waals surface area contributed by atoms with Crippen molar-refractivity contribution in [1.29, 1.82) is 0 Å². The van der Waals surface area contributed by atoms with Gasteiger partial charge in [0, 0.05) is 17.3 Å². The predicted molar refractivity (Wildman–Crippen MR) is 93.6 cm³/mol. The normalized spacial score (nSPS) is 10.4. The van der Waals surface area contributed by atoms with Gasteiger partial charge in [0.2, 0.25) is 5.88 Å². The summed E-state index contributed by atoms with van der Waals surface area (Å²) in [5.74, 6) is 0.123. The summed E-state index contributed by atoms with van der Waals surface area (Å²) in [4.78, 5) is 4.16. The maximum absolute atomic E-state index is 14.4. The summed E-state index contributed by atoms with van der Waals surface area (Å²) in [5, 5.41) is 3.13. The Bertz CT molecular complexity index is 825. The summed E-state index contributed by atoms with van der Waals surface area (Å²) in [6.45, 7) is 0. The van der Waals surface area contributed by atoms with Gasteiger partial charge in [0.15, 0.2) is 0 Å². The lowest BCUT2D eigenvalue weighted by Gasteiger charge is -2.14. The second-order valence-electron chi connectivity index (χ2n) is 4.87. The molecule has 1 aromatic heterocycles. The number of nitrogens with one attached hydrogen (secondary N) is 1. The fourth-order valence-electron chi connectivity index (χ4n) is 2.30. The molecule has 3 rings (SSSR count). The van der Waals surface area contributed by atoms with Gasteiger partial charge in [-0.05, 0) is 33.6 Å². The largest absolute Gasteiger partial charge is 0.481 e. The van der Waals surface area contributed by atoms with Crippen molar-refractivity contribution in [2.24, 2.45) is 0 Å². The van der Waals surface area contributed by atoms with Crippen LogP contribution < -0.4 is 10.1 Å². The van der Waals surface area contributed by atoms with Crippen molar-refractivity contribution in [3.63, 3.8) is 0 Å². The summed E-state index contributed by atoms with van der Waals surface area (Å²) in [5.41, 5.74) is 2.83. The highest BCUT2D eigenvalue weighted by atomic mass is 79.9. The van der Waals surface area contributed by atoms with Gasteiger partial charge in [-0.3, -0.25) is 0 Å². The number of rotatable bonds is 4. The van der Waals surface area contributed by atoms with Gasteiger partial charge >= 0.3 is 0 Å². The number of pyridine rings is 1. The second-order valence-corrected chi connectivity index (χ2v) is 5.69. The van der Waals surface area contributed by atoms with Crippen LogP contribution in [0.5, 0.6) is 5.88 Å². The van der Waals surface area contributed by atoms with Crippen LogP contribution in [0, 0.1) is 5.82 Å². The lowest BCUT2D eigenvalue weighted by atomic mass is 10.0. The Kier molecular flexibility index (Phi) is 4.57. The monoisotopic (exact) mass is 372 g/mol. The Morgan fingerprint density at radius 2 is 1.83 bits per heavy atom. The molecule has 1 heterocycles. The van der Waals surface area contributed by atoms with Gasteiger partial charge in [-0.25, -0.2) is 9.37 Å². The van der Waals surface area contributed by atoms with Crippen molar-refractivity contribution < 1.29 is 9.13 Å². The summed E-state index contributed by atoms with van der Waals surface area (Å²) in [6, 6.07) is 18.2. The third-order valence-corrected chi connectivity index (χ3v) is 3.75. The van der Waals surface area contributed by atoms with Gasteiger partial charge in [-0.2, -0.15) is 0 Å². The number of methoxy groups -OCH3 is 1. The van der Waals surface area contributed by atoms with E-state index in [1.807, 2.05) is 36.4 Å². The Morgan fingerprint density at radius 3 is 2.57 bits per heavy atom. The molecule has 0 aliphatic heterocycles. The molecule has 0 aliphatic carbocycles. The van der Waals surface area contributed by atoms with Crippen molar-refractivity contribution in [2.45, 2.75) is 0 Å². The van der Waals surface area contributed by atoms with Crippen LogP contribution in [0.2, 0.25) is 0 Å². The molecule has 0 spiro atoms. The van der Waals surface area contributed by atoms with E-state index >= 15 is 0 Å². The topological polar surface area (TPSA) is 34.1 Å². The number of aromatic nitrogens is 1. The third kappa shape index (κ3) is 3.51. The highest BCUT2D eigenvalue weighted by Crippen LogP contribution is 2.33. The molecule has 0 saturated heterocycles. The van der Waals surface area contributed by atoms with Crippen LogP contribution in [-0.2, 0) is 0 Å². The Balaban J connectivity index is 2.05. The molecule has 0 amide bonds. The summed E-state index contributed by atoms with van der Waals surface area (Å²) < 4.78 is 20.1. The van der Waals surface area contributed by atoms with E-state index in [0.717, 1.165) is 11.1 Å². The summed E-state index contributed by atoms with van der Waals surface area (Å²) in [6.07, 6.45) is 0. The van der Waals surface area contributed by atoms with Crippen molar-refractivity contribution in [2.75, 3.05) is 12.4 Å². The highest BCUT2D eigenvalue weighted by molar-refractivity contribution is 9.10. The molecule has 0 bridgehead atoms. The average molecular weight is 373 g/mol. The van der Waals surface area contributed by atoms with E-state index in [9.17, 15) is 4.39 Å². The molecule has 0 aliphatic rings. The predicted octanol–water partition coefficient (Wildman–Crippen LogP) is 5.40. The van der Waals surface area contributed by atoms with E-state index in [-0.39, 0.29) is 5.82 Å². The Labute approximate surface area is 142 Å². The zero-order chi connectivity index (χ0) is 16.2. The van der Waals surface area contributed by atoms with E-state index in [1.165, 1.54) is 13.2 Å². The van der Waals surface area contributed by atoms with Gasteiger partial charge in [0.25, 0.3) is 0 Å². The van der Waals surface area contributed by atoms with E-state index in [0.29, 0.717) is 21.9 Å². The van der Waals surface area contributed by atoms with Gasteiger partial charge in [-0.1, -0.05) is 42.5 Å². The van der Waals surface area contributed by atoms with Crippen LogP contribution in [0.3, 0.4) is 0 Å². The molecule has 116 valence electrons. The van der Waals surface area contributed by atoms with E-state index in [1.54, 1.807) is 18.2 Å². The van der Waals surface area contributed by atoms with Crippen LogP contribution in [0.25, 0.3) is 11.1 Å². The maximum Gasteiger partial charge on any atom is 0.216 e. The minimum Gasteiger partial charge on any atom is -0.481 e. The fraction of sp³-hybridized carbons (Fsp3) is 0.0556. The molecule has 0 saturated carbocycles. The molecule has 0 radical (unpaired) electrons. The van der Waals surface area contributed by atoms with Gasteiger partial charge in [0.1, 0.15) is 10.4 Å². The smallest absolute Gasteiger partial charge is 0.216 e. The number of hydrogen-bond donors (Lipinski definition) is 1. The molecule has 2 aromatic carbocycles. The SMILES string of the molecule is COc1cc(Nc2c(F)cccc2-c2ccccc2)cc(Br)n1. The number of nitrogens with zero attached hydrogens (tertiary/aromatic N) is 1. The molecule has 5 heteroatoms. The van der Waals surface area contributed by atoms with Crippen LogP contribution in [0.4, 0.5) is 15.8 Å². The molecule has 0 fully saturated rings. The highest BCUT2D eigenvalue weighted by Gasteiger charge is 2.11. The Morgan fingerprint density at radius 1 is 1.04 bits per heavy atom. The van der Waals surface area contributed by atoms with Crippen LogP contribution in [0.1, 0.15) is 0 Å². The van der Waals surface area contributed by atoms with Crippen molar-refractivity contribution >= 4 is 27.3 Å². The summed E-state index contributed by atoms with van der Waals surface area (Å²) >= 11 is 3.32. The number of hydrogen-bond acceptors (Lipinski definition) is 3. The molecule has 0 atom stereocenters. The minimum atomic E-state index is -0.321. The van der Waals surface area contributed by atoms with E-state index in [2.05, 4.69) is 26.2 Å². The van der Waals surface area contributed by atoms with E-state index < -0.39 is 0 Å².